The zero-order chi connectivity index (χ0) is 15.5. The van der Waals surface area contributed by atoms with Gasteiger partial charge in [-0.05, 0) is 19.3 Å². The number of hydrogen-bond acceptors (Lipinski definition) is 3. The number of hydrogen-bond donors (Lipinski definition) is 0. The van der Waals surface area contributed by atoms with Crippen LogP contribution >= 0.6 is 15.9 Å². The molecule has 0 aromatic rings. The van der Waals surface area contributed by atoms with Crippen LogP contribution in [0.5, 0.6) is 0 Å². The summed E-state index contributed by atoms with van der Waals surface area (Å²) in [5, 5.41) is 0.896. The van der Waals surface area contributed by atoms with Gasteiger partial charge < -0.3 is 13.3 Å². The summed E-state index contributed by atoms with van der Waals surface area (Å²) in [7, 11) is -1.83. The van der Waals surface area contributed by atoms with E-state index in [4.69, 9.17) is 13.3 Å². The third kappa shape index (κ3) is 20.6. The summed E-state index contributed by atoms with van der Waals surface area (Å²) < 4.78 is 17.0. The van der Waals surface area contributed by atoms with Gasteiger partial charge in [-0.1, -0.05) is 62.0 Å². The third-order valence-corrected chi connectivity index (χ3v) is 4.35. The smallest absolute Gasteiger partial charge is 0.376 e. The Labute approximate surface area is 136 Å². The zero-order valence-electron chi connectivity index (χ0n) is 13.5. The molecule has 0 aromatic carbocycles. The molecule has 0 amide bonds. The fourth-order valence-electron chi connectivity index (χ4n) is 1.12. The fourth-order valence-corrected chi connectivity index (χ4v) is 2.48. The number of allylic oxidation sites excluding steroid dienone is 1. The van der Waals surface area contributed by atoms with Gasteiger partial charge in [0.25, 0.3) is 0 Å². The van der Waals surface area contributed by atoms with E-state index in [0.717, 1.165) is 63.7 Å². The molecule has 0 aliphatic carbocycles. The Hall–Kier alpha value is 0.317. The minimum Gasteiger partial charge on any atom is -0.376 e. The Morgan fingerprint density at radius 3 is 1.35 bits per heavy atom. The third-order valence-electron chi connectivity index (χ3n) is 2.36. The molecule has 0 spiro atoms. The maximum atomic E-state index is 5.67. The summed E-state index contributed by atoms with van der Waals surface area (Å²) in [6.07, 6.45) is 8.55. The van der Waals surface area contributed by atoms with Crippen LogP contribution in [0.15, 0.2) is 12.7 Å². The van der Waals surface area contributed by atoms with E-state index >= 15 is 0 Å². The molecular weight excluding hydrogens is 336 g/mol. The number of alkyl halides is 1. The minimum absolute atomic E-state index is 0.783. The molecule has 0 bridgehead atoms. The monoisotopic (exact) mass is 368 g/mol. The summed E-state index contributed by atoms with van der Waals surface area (Å²) in [4.78, 5) is 0. The van der Waals surface area contributed by atoms with Gasteiger partial charge in [0.05, 0.1) is 0 Å². The molecule has 0 aliphatic rings. The maximum Gasteiger partial charge on any atom is 0.484 e. The minimum atomic E-state index is -1.83. The van der Waals surface area contributed by atoms with Crippen LogP contribution in [-0.2, 0) is 13.3 Å². The first-order chi connectivity index (χ1) is 9.76. The highest BCUT2D eigenvalue weighted by Crippen LogP contribution is 2.00. The quantitative estimate of drug-likeness (QED) is 0.203. The molecule has 0 aliphatic heterocycles. The largest absolute Gasteiger partial charge is 0.484 e. The highest BCUT2D eigenvalue weighted by molar-refractivity contribution is 9.09. The summed E-state index contributed by atoms with van der Waals surface area (Å²) in [6, 6.07) is 0. The van der Waals surface area contributed by atoms with Gasteiger partial charge >= 0.3 is 9.53 Å². The van der Waals surface area contributed by atoms with Gasteiger partial charge in [0.1, 0.15) is 0 Å². The first-order valence-electron chi connectivity index (χ1n) is 7.78. The molecule has 0 heterocycles. The van der Waals surface area contributed by atoms with E-state index in [1.165, 1.54) is 0 Å². The van der Waals surface area contributed by atoms with Crippen LogP contribution in [0, 0.1) is 0 Å². The van der Waals surface area contributed by atoms with Gasteiger partial charge in [-0.3, -0.25) is 0 Å². The predicted octanol–water partition coefficient (Wildman–Crippen LogP) is 4.72. The lowest BCUT2D eigenvalue weighted by molar-refractivity contribution is 0.0899. The molecule has 122 valence electrons. The van der Waals surface area contributed by atoms with Crippen LogP contribution in [0.4, 0.5) is 0 Å². The summed E-state index contributed by atoms with van der Waals surface area (Å²) in [5.74, 6) is 0. The molecule has 20 heavy (non-hydrogen) atoms. The van der Waals surface area contributed by atoms with Crippen molar-refractivity contribution >= 4 is 25.5 Å². The Morgan fingerprint density at radius 2 is 1.15 bits per heavy atom. The molecular formula is C15H33BrO3Si. The number of unbranched alkanes of at least 4 members (excludes halogenated alkanes) is 3. The Morgan fingerprint density at radius 1 is 0.850 bits per heavy atom. The Bertz CT molecular complexity index is 159. The van der Waals surface area contributed by atoms with Crippen molar-refractivity contribution in [3.05, 3.63) is 12.7 Å². The standard InChI is InChI=1S/C12H28O3Si.C3H5Br/c1-4-7-10-13-16(14-11-8-5-2)15-12-9-6-3;1-2-3-4/h16H,4-12H2,1-3H3;2H,1,3H2. The van der Waals surface area contributed by atoms with Crippen LogP contribution in [0.3, 0.4) is 0 Å². The second-order valence-corrected chi connectivity index (χ2v) is 6.63. The van der Waals surface area contributed by atoms with Gasteiger partial charge in [0.15, 0.2) is 0 Å². The first kappa shape index (κ1) is 22.6. The normalized spacial score (nSPS) is 10.2. The molecule has 0 N–H and O–H groups in total. The second kappa shape index (κ2) is 21.6. The van der Waals surface area contributed by atoms with Crippen molar-refractivity contribution < 1.29 is 13.3 Å². The van der Waals surface area contributed by atoms with E-state index in [-0.39, 0.29) is 0 Å². The lowest BCUT2D eigenvalue weighted by atomic mass is 10.4. The average molecular weight is 369 g/mol. The Kier molecular flexibility index (Phi) is 24.4. The van der Waals surface area contributed by atoms with E-state index in [1.54, 1.807) is 6.08 Å². The molecule has 0 saturated carbocycles. The molecule has 0 saturated heterocycles. The second-order valence-electron chi connectivity index (χ2n) is 4.40. The van der Waals surface area contributed by atoms with Crippen LogP contribution in [0.25, 0.3) is 0 Å². The van der Waals surface area contributed by atoms with E-state index in [2.05, 4.69) is 43.3 Å². The first-order valence-corrected chi connectivity index (χ1v) is 10.3. The van der Waals surface area contributed by atoms with Gasteiger partial charge in [-0.2, -0.15) is 0 Å². The lowest BCUT2D eigenvalue weighted by Gasteiger charge is -2.16. The highest BCUT2D eigenvalue weighted by atomic mass is 79.9. The summed E-state index contributed by atoms with van der Waals surface area (Å²) in [6.45, 7) is 12.3. The summed E-state index contributed by atoms with van der Waals surface area (Å²) >= 11 is 3.13. The zero-order valence-corrected chi connectivity index (χ0v) is 16.3. The SMILES string of the molecule is C=CCBr.CCCCO[SiH](OCCCC)OCCCC. The van der Waals surface area contributed by atoms with E-state index in [1.807, 2.05) is 0 Å². The van der Waals surface area contributed by atoms with Gasteiger partial charge in [0, 0.05) is 25.2 Å². The van der Waals surface area contributed by atoms with Gasteiger partial charge in [0.2, 0.25) is 0 Å². The Balaban J connectivity index is 0. The maximum absolute atomic E-state index is 5.67. The topological polar surface area (TPSA) is 27.7 Å². The molecule has 0 unspecified atom stereocenters. The van der Waals surface area contributed by atoms with Crippen LogP contribution < -0.4 is 0 Å². The van der Waals surface area contributed by atoms with Crippen molar-refractivity contribution in [2.75, 3.05) is 25.2 Å². The van der Waals surface area contributed by atoms with Crippen LogP contribution in [-0.4, -0.2) is 34.7 Å². The summed E-state index contributed by atoms with van der Waals surface area (Å²) in [5.41, 5.74) is 0. The average Bonchev–Trinajstić information content (AvgIpc) is 2.47. The molecule has 0 radical (unpaired) electrons. The van der Waals surface area contributed by atoms with Crippen molar-refractivity contribution in [1.82, 2.24) is 0 Å². The number of rotatable bonds is 13. The van der Waals surface area contributed by atoms with Crippen molar-refractivity contribution in [1.29, 1.82) is 0 Å². The molecule has 0 rings (SSSR count). The molecule has 3 nitrogen and oxygen atoms in total. The lowest BCUT2D eigenvalue weighted by Crippen LogP contribution is -2.28. The van der Waals surface area contributed by atoms with E-state index in [9.17, 15) is 0 Å². The van der Waals surface area contributed by atoms with Crippen LogP contribution in [0.1, 0.15) is 59.3 Å². The van der Waals surface area contributed by atoms with Gasteiger partial charge in [-0.25, -0.2) is 0 Å². The molecule has 0 fully saturated rings. The predicted molar refractivity (Wildman–Crippen MR) is 93.7 cm³/mol. The number of halogens is 1. The van der Waals surface area contributed by atoms with Crippen molar-refractivity contribution in [3.8, 4) is 0 Å². The molecule has 5 heteroatoms. The highest BCUT2D eigenvalue weighted by Gasteiger charge is 2.14. The van der Waals surface area contributed by atoms with E-state index in [0.29, 0.717) is 0 Å². The van der Waals surface area contributed by atoms with Crippen molar-refractivity contribution in [2.24, 2.45) is 0 Å². The van der Waals surface area contributed by atoms with E-state index < -0.39 is 9.53 Å². The molecule has 0 aromatic heterocycles. The van der Waals surface area contributed by atoms with Crippen molar-refractivity contribution in [3.63, 3.8) is 0 Å². The molecule has 0 atom stereocenters. The van der Waals surface area contributed by atoms with Gasteiger partial charge in [-0.15, -0.1) is 6.58 Å². The van der Waals surface area contributed by atoms with Crippen LogP contribution in [0.2, 0.25) is 0 Å². The van der Waals surface area contributed by atoms with Crippen molar-refractivity contribution in [2.45, 2.75) is 59.3 Å². The fraction of sp³-hybridized carbons (Fsp3) is 0.867.